The Labute approximate surface area is 286 Å². The Hall–Kier alpha value is -4.10. The molecule has 3 N–H and O–H groups in total. The minimum atomic E-state index is -1.06. The first kappa shape index (κ1) is 33.4. The molecule has 0 radical (unpaired) electrons. The van der Waals surface area contributed by atoms with Crippen LogP contribution in [0.5, 0.6) is 0 Å². The van der Waals surface area contributed by atoms with Gasteiger partial charge in [-0.05, 0) is 74.0 Å². The van der Waals surface area contributed by atoms with Crippen LogP contribution in [0.25, 0.3) is 0 Å². The number of carbonyl (C=O) groups is 3. The number of ether oxygens (including phenoxy) is 1. The van der Waals surface area contributed by atoms with Crippen molar-refractivity contribution in [2.75, 3.05) is 56.7 Å². The van der Waals surface area contributed by atoms with Gasteiger partial charge in [-0.25, -0.2) is 4.39 Å². The number of imide groups is 1. The van der Waals surface area contributed by atoms with E-state index in [1.807, 2.05) is 12.1 Å². The largest absolute Gasteiger partial charge is 0.384 e. The summed E-state index contributed by atoms with van der Waals surface area (Å²) in [4.78, 5) is 41.5. The van der Waals surface area contributed by atoms with Gasteiger partial charge in [0.1, 0.15) is 6.17 Å². The molecular weight excluding hydrogens is 627 g/mol. The number of piperidine rings is 3. The van der Waals surface area contributed by atoms with Crippen LogP contribution in [0.2, 0.25) is 0 Å². The summed E-state index contributed by atoms with van der Waals surface area (Å²) in [6, 6.07) is 7.80. The summed E-state index contributed by atoms with van der Waals surface area (Å²) in [5.74, 6) is -0.449. The van der Waals surface area contributed by atoms with Gasteiger partial charge in [0.15, 0.2) is 5.69 Å². The fourth-order valence-electron chi connectivity index (χ4n) is 8.28. The zero-order valence-electron chi connectivity index (χ0n) is 28.4. The number of fused-ring (bicyclic) bond motifs is 1. The summed E-state index contributed by atoms with van der Waals surface area (Å²) in [5.41, 5.74) is 5.01. The second-order valence-corrected chi connectivity index (χ2v) is 14.8. The van der Waals surface area contributed by atoms with Crippen molar-refractivity contribution >= 4 is 29.1 Å². The number of nitrogens with one attached hydrogen (secondary N) is 3. The molecule has 5 heterocycles. The summed E-state index contributed by atoms with van der Waals surface area (Å²) in [5, 5.41) is 17.2. The summed E-state index contributed by atoms with van der Waals surface area (Å²) in [6.45, 7) is 6.78. The number of benzene rings is 1. The fourth-order valence-corrected chi connectivity index (χ4v) is 8.28. The maximum atomic E-state index is 15.6. The second-order valence-electron chi connectivity index (χ2n) is 14.8. The SMILES string of the molecule is COCC1(C)CCc2c(C(=O)Nc3cnn([C@H]4CCN(CC5CCN(c6ccc(C7CCC(=O)NC7=O)cc6)CC5)C[C@@H]4F)c3)n[nH]c2C1. The molecule has 12 nitrogen and oxygen atoms in total. The molecule has 4 aliphatic rings. The predicted octanol–water partition coefficient (Wildman–Crippen LogP) is 4.02. The number of aromatic amines is 1. The molecule has 3 aromatic rings. The molecule has 2 unspecified atom stereocenters. The Balaban J connectivity index is 0.866. The van der Waals surface area contributed by atoms with E-state index in [4.69, 9.17) is 4.74 Å². The molecule has 3 aliphatic heterocycles. The minimum absolute atomic E-state index is 0.0241. The normalized spacial score (nSPS) is 26.8. The van der Waals surface area contributed by atoms with Gasteiger partial charge in [0.2, 0.25) is 11.8 Å². The van der Waals surface area contributed by atoms with Crippen molar-refractivity contribution in [2.24, 2.45) is 11.3 Å². The van der Waals surface area contributed by atoms with E-state index >= 15 is 4.39 Å². The maximum Gasteiger partial charge on any atom is 0.276 e. The van der Waals surface area contributed by atoms with E-state index < -0.39 is 6.17 Å². The molecule has 0 saturated carbocycles. The highest BCUT2D eigenvalue weighted by Gasteiger charge is 2.35. The molecule has 1 aromatic carbocycles. The zero-order chi connectivity index (χ0) is 34.1. The highest BCUT2D eigenvalue weighted by atomic mass is 19.1. The Morgan fingerprint density at radius 2 is 1.90 bits per heavy atom. The lowest BCUT2D eigenvalue weighted by Crippen LogP contribution is -2.46. The molecule has 2 aromatic heterocycles. The number of alkyl halides is 1. The fraction of sp³-hybridized carbons (Fsp3) is 0.583. The molecule has 0 spiro atoms. The van der Waals surface area contributed by atoms with Crippen LogP contribution < -0.4 is 15.5 Å². The number of hydrogen-bond donors (Lipinski definition) is 3. The third-order valence-corrected chi connectivity index (χ3v) is 11.1. The van der Waals surface area contributed by atoms with E-state index in [1.165, 1.54) is 0 Å². The van der Waals surface area contributed by atoms with Gasteiger partial charge in [-0.15, -0.1) is 0 Å². The number of amides is 3. The van der Waals surface area contributed by atoms with Crippen LogP contribution in [0.4, 0.5) is 15.8 Å². The molecule has 3 fully saturated rings. The molecule has 3 amide bonds. The van der Waals surface area contributed by atoms with Gasteiger partial charge in [0.05, 0.1) is 30.5 Å². The van der Waals surface area contributed by atoms with Gasteiger partial charge >= 0.3 is 0 Å². The van der Waals surface area contributed by atoms with Crippen LogP contribution in [0, 0.1) is 11.3 Å². The monoisotopic (exact) mass is 674 g/mol. The lowest BCUT2D eigenvalue weighted by Gasteiger charge is -2.39. The standard InChI is InChI=1S/C36H47FN8O4/c1-36(22-49-2)13-9-28-30(17-36)41-42-33(28)35(48)39-25-18-38-45(20-25)31-12-14-43(21-29(31)37)19-23-10-15-44(16-11-23)26-5-3-24(4-6-26)27-7-8-32(46)40-34(27)47/h3-6,18,20,23,27,29,31H,7-17,19,21-22H2,1-2H3,(H,39,48)(H,41,42)(H,40,46,47)/t27?,29-,31-,36?/m0/s1. The quantitative estimate of drug-likeness (QED) is 0.290. The number of likely N-dealkylation sites (tertiary alicyclic amines) is 1. The Morgan fingerprint density at radius 3 is 2.63 bits per heavy atom. The van der Waals surface area contributed by atoms with Crippen LogP contribution in [-0.4, -0.2) is 95.2 Å². The van der Waals surface area contributed by atoms with Crippen molar-refractivity contribution in [3.05, 3.63) is 59.2 Å². The third kappa shape index (κ3) is 7.28. The van der Waals surface area contributed by atoms with Crippen LogP contribution in [-0.2, 0) is 27.2 Å². The highest BCUT2D eigenvalue weighted by molar-refractivity contribution is 6.04. The van der Waals surface area contributed by atoms with Crippen molar-refractivity contribution in [1.82, 2.24) is 30.2 Å². The molecule has 262 valence electrons. The number of H-pyrrole nitrogens is 1. The first-order valence-corrected chi connectivity index (χ1v) is 17.6. The second kappa shape index (κ2) is 14.0. The maximum absolute atomic E-state index is 15.6. The minimum Gasteiger partial charge on any atom is -0.384 e. The van der Waals surface area contributed by atoms with Gasteiger partial charge < -0.3 is 19.9 Å². The van der Waals surface area contributed by atoms with Gasteiger partial charge in [0, 0.05) is 69.4 Å². The van der Waals surface area contributed by atoms with Gasteiger partial charge in [-0.3, -0.25) is 29.5 Å². The Kier molecular flexibility index (Phi) is 9.56. The number of methoxy groups -OCH3 is 1. The lowest BCUT2D eigenvalue weighted by molar-refractivity contribution is -0.134. The van der Waals surface area contributed by atoms with E-state index in [-0.39, 0.29) is 35.1 Å². The first-order chi connectivity index (χ1) is 23.7. The lowest BCUT2D eigenvalue weighted by atomic mass is 9.75. The summed E-state index contributed by atoms with van der Waals surface area (Å²) in [6.07, 6.45) is 8.39. The van der Waals surface area contributed by atoms with Crippen molar-refractivity contribution in [1.29, 1.82) is 0 Å². The summed E-state index contributed by atoms with van der Waals surface area (Å²) >= 11 is 0. The van der Waals surface area contributed by atoms with Crippen LogP contribution >= 0.6 is 0 Å². The molecule has 4 atom stereocenters. The van der Waals surface area contributed by atoms with E-state index in [1.54, 1.807) is 24.2 Å². The van der Waals surface area contributed by atoms with Crippen LogP contribution in [0.1, 0.15) is 84.7 Å². The van der Waals surface area contributed by atoms with E-state index in [0.717, 1.165) is 80.8 Å². The predicted molar refractivity (Wildman–Crippen MR) is 182 cm³/mol. The Bertz CT molecular complexity index is 1660. The third-order valence-electron chi connectivity index (χ3n) is 11.1. The number of anilines is 2. The van der Waals surface area contributed by atoms with Gasteiger partial charge in [0.25, 0.3) is 5.91 Å². The van der Waals surface area contributed by atoms with E-state index in [9.17, 15) is 14.4 Å². The van der Waals surface area contributed by atoms with Crippen LogP contribution in [0.15, 0.2) is 36.7 Å². The summed E-state index contributed by atoms with van der Waals surface area (Å²) < 4.78 is 22.6. The molecule has 0 bridgehead atoms. The number of halogens is 1. The van der Waals surface area contributed by atoms with Crippen molar-refractivity contribution in [3.8, 4) is 0 Å². The topological polar surface area (TPSA) is 137 Å². The average Bonchev–Trinajstić information content (AvgIpc) is 3.72. The number of rotatable bonds is 9. The number of carbonyl (C=O) groups excluding carboxylic acids is 3. The van der Waals surface area contributed by atoms with Crippen LogP contribution in [0.3, 0.4) is 0 Å². The first-order valence-electron chi connectivity index (χ1n) is 17.6. The molecule has 13 heteroatoms. The van der Waals surface area contributed by atoms with Crippen molar-refractivity contribution in [2.45, 2.75) is 76.4 Å². The number of hydrogen-bond acceptors (Lipinski definition) is 8. The smallest absolute Gasteiger partial charge is 0.276 e. The van der Waals surface area contributed by atoms with E-state index in [0.29, 0.717) is 49.7 Å². The molecule has 1 aliphatic carbocycles. The highest BCUT2D eigenvalue weighted by Crippen LogP contribution is 2.36. The van der Waals surface area contributed by atoms with Crippen molar-refractivity contribution in [3.63, 3.8) is 0 Å². The zero-order valence-corrected chi connectivity index (χ0v) is 28.4. The molecular formula is C36H47FN8O4. The average molecular weight is 675 g/mol. The number of nitrogens with zero attached hydrogens (tertiary/aromatic N) is 5. The molecule has 3 saturated heterocycles. The Morgan fingerprint density at radius 1 is 1.10 bits per heavy atom. The molecule has 49 heavy (non-hydrogen) atoms. The summed E-state index contributed by atoms with van der Waals surface area (Å²) in [7, 11) is 1.71. The van der Waals surface area contributed by atoms with Gasteiger partial charge in [-0.2, -0.15) is 10.2 Å². The van der Waals surface area contributed by atoms with E-state index in [2.05, 4.69) is 54.8 Å². The number of aromatic nitrogens is 4. The molecule has 7 rings (SSSR count). The van der Waals surface area contributed by atoms with Gasteiger partial charge in [-0.1, -0.05) is 19.1 Å². The van der Waals surface area contributed by atoms with Crippen molar-refractivity contribution < 1.29 is 23.5 Å².